The van der Waals surface area contributed by atoms with Gasteiger partial charge >= 0.3 is 0 Å². The minimum Gasteiger partial charge on any atom is -0.349 e. The van der Waals surface area contributed by atoms with Gasteiger partial charge in [-0.3, -0.25) is 4.79 Å². The van der Waals surface area contributed by atoms with E-state index in [1.54, 1.807) is 11.3 Å². The summed E-state index contributed by atoms with van der Waals surface area (Å²) in [6, 6.07) is 13.5. The Morgan fingerprint density at radius 1 is 1.26 bits per heavy atom. The van der Waals surface area contributed by atoms with Crippen molar-refractivity contribution in [3.05, 3.63) is 58.3 Å². The Morgan fingerprint density at radius 3 is 2.63 bits per heavy atom. The normalized spacial score (nSPS) is 13.8. The quantitative estimate of drug-likeness (QED) is 0.880. The van der Waals surface area contributed by atoms with Crippen molar-refractivity contribution in [3.8, 4) is 0 Å². The molecular formula is C15H18N2OS. The Kier molecular flexibility index (Phi) is 4.71. The van der Waals surface area contributed by atoms with Crippen LogP contribution >= 0.6 is 11.3 Å². The lowest BCUT2D eigenvalue weighted by atomic mass is 10.0. The molecule has 0 saturated carbocycles. The van der Waals surface area contributed by atoms with Gasteiger partial charge in [-0.1, -0.05) is 36.4 Å². The molecule has 3 N–H and O–H groups in total. The first-order valence-electron chi connectivity index (χ1n) is 6.30. The van der Waals surface area contributed by atoms with Gasteiger partial charge in [-0.15, -0.1) is 11.3 Å². The van der Waals surface area contributed by atoms with Crippen LogP contribution < -0.4 is 11.1 Å². The molecule has 19 heavy (non-hydrogen) atoms. The molecule has 1 heterocycles. The molecule has 0 fully saturated rings. The fourth-order valence-corrected chi connectivity index (χ4v) is 2.66. The van der Waals surface area contributed by atoms with Crippen LogP contribution in [0.15, 0.2) is 47.8 Å². The molecule has 4 heteroatoms. The molecule has 0 saturated heterocycles. The number of benzene rings is 1. The van der Waals surface area contributed by atoms with Crippen molar-refractivity contribution in [2.75, 3.05) is 0 Å². The Hall–Kier alpha value is -1.65. The zero-order valence-electron chi connectivity index (χ0n) is 10.9. The topological polar surface area (TPSA) is 55.1 Å². The minimum absolute atomic E-state index is 0.0164. The number of carbonyl (C=O) groups is 1. The van der Waals surface area contributed by atoms with Gasteiger partial charge in [0.2, 0.25) is 5.91 Å². The number of thiophene rings is 1. The van der Waals surface area contributed by atoms with Gasteiger partial charge in [-0.25, -0.2) is 0 Å². The summed E-state index contributed by atoms with van der Waals surface area (Å²) in [5.41, 5.74) is 7.02. The second-order valence-corrected chi connectivity index (χ2v) is 5.51. The highest BCUT2D eigenvalue weighted by Crippen LogP contribution is 2.19. The number of nitrogens with one attached hydrogen (secondary N) is 1. The lowest BCUT2D eigenvalue weighted by Gasteiger charge is -2.15. The molecule has 1 aromatic carbocycles. The molecule has 0 aliphatic heterocycles. The lowest BCUT2D eigenvalue weighted by molar-refractivity contribution is -0.122. The molecule has 0 aliphatic carbocycles. The van der Waals surface area contributed by atoms with Crippen LogP contribution in [0.3, 0.4) is 0 Å². The summed E-state index contributed by atoms with van der Waals surface area (Å²) in [6.45, 7) is 1.98. The van der Waals surface area contributed by atoms with Crippen molar-refractivity contribution in [3.63, 3.8) is 0 Å². The van der Waals surface area contributed by atoms with Gasteiger partial charge in [0, 0.05) is 17.3 Å². The molecule has 0 spiro atoms. The number of rotatable bonds is 5. The maximum Gasteiger partial charge on any atom is 0.222 e. The molecule has 1 aromatic heterocycles. The average Bonchev–Trinajstić information content (AvgIpc) is 2.93. The zero-order valence-corrected chi connectivity index (χ0v) is 11.7. The molecule has 2 rings (SSSR count). The number of amides is 1. The first-order valence-corrected chi connectivity index (χ1v) is 7.18. The van der Waals surface area contributed by atoms with E-state index in [1.165, 1.54) is 0 Å². The van der Waals surface area contributed by atoms with E-state index in [2.05, 4.69) is 5.32 Å². The Labute approximate surface area is 117 Å². The predicted octanol–water partition coefficient (Wildman–Crippen LogP) is 3.02. The van der Waals surface area contributed by atoms with Crippen molar-refractivity contribution in [1.29, 1.82) is 0 Å². The van der Waals surface area contributed by atoms with E-state index < -0.39 is 0 Å². The molecule has 0 aliphatic rings. The van der Waals surface area contributed by atoms with E-state index >= 15 is 0 Å². The van der Waals surface area contributed by atoms with Crippen molar-refractivity contribution in [2.45, 2.75) is 25.4 Å². The number of nitrogens with two attached hydrogens (primary N) is 1. The van der Waals surface area contributed by atoms with Gasteiger partial charge < -0.3 is 11.1 Å². The Balaban J connectivity index is 1.88. The predicted molar refractivity (Wildman–Crippen MR) is 78.9 cm³/mol. The van der Waals surface area contributed by atoms with Gasteiger partial charge in [-0.05, 0) is 23.9 Å². The van der Waals surface area contributed by atoms with Crippen LogP contribution in [0, 0.1) is 0 Å². The summed E-state index contributed by atoms with van der Waals surface area (Å²) >= 11 is 1.64. The molecule has 0 unspecified atom stereocenters. The number of carbonyl (C=O) groups excluding carboxylic acids is 1. The smallest absolute Gasteiger partial charge is 0.222 e. The zero-order chi connectivity index (χ0) is 13.7. The SMILES string of the molecule is C[C@H](NC(=O)C[C@@H](N)c1ccccc1)c1cccs1. The van der Waals surface area contributed by atoms with Crippen LogP contribution in [0.1, 0.15) is 35.9 Å². The van der Waals surface area contributed by atoms with Crippen LogP contribution in [0.4, 0.5) is 0 Å². The third-order valence-corrected chi connectivity index (χ3v) is 4.04. The van der Waals surface area contributed by atoms with Crippen molar-refractivity contribution in [1.82, 2.24) is 5.32 Å². The monoisotopic (exact) mass is 274 g/mol. The summed E-state index contributed by atoms with van der Waals surface area (Å²) in [7, 11) is 0. The van der Waals surface area contributed by atoms with Crippen LogP contribution in [0.2, 0.25) is 0 Å². The van der Waals surface area contributed by atoms with Crippen LogP contribution in [-0.4, -0.2) is 5.91 Å². The first-order chi connectivity index (χ1) is 9.16. The van der Waals surface area contributed by atoms with E-state index in [0.717, 1.165) is 10.4 Å². The lowest BCUT2D eigenvalue weighted by Crippen LogP contribution is -2.29. The van der Waals surface area contributed by atoms with E-state index in [9.17, 15) is 4.79 Å². The fourth-order valence-electron chi connectivity index (χ4n) is 1.93. The molecule has 2 atom stereocenters. The van der Waals surface area contributed by atoms with Crippen molar-refractivity contribution < 1.29 is 4.79 Å². The summed E-state index contributed by atoms with van der Waals surface area (Å²) in [5.74, 6) is -0.0164. The van der Waals surface area contributed by atoms with E-state index in [4.69, 9.17) is 5.73 Å². The Bertz CT molecular complexity index is 510. The third-order valence-electron chi connectivity index (χ3n) is 2.98. The van der Waals surface area contributed by atoms with E-state index in [-0.39, 0.29) is 18.0 Å². The fraction of sp³-hybridized carbons (Fsp3) is 0.267. The maximum absolute atomic E-state index is 11.9. The van der Waals surface area contributed by atoms with E-state index in [0.29, 0.717) is 6.42 Å². The second kappa shape index (κ2) is 6.50. The maximum atomic E-state index is 11.9. The summed E-state index contributed by atoms with van der Waals surface area (Å²) in [6.07, 6.45) is 0.305. The number of hydrogen-bond acceptors (Lipinski definition) is 3. The molecule has 0 bridgehead atoms. The highest BCUT2D eigenvalue weighted by atomic mass is 32.1. The molecule has 100 valence electrons. The van der Waals surface area contributed by atoms with Gasteiger partial charge in [0.15, 0.2) is 0 Å². The summed E-state index contributed by atoms with van der Waals surface area (Å²) < 4.78 is 0. The Morgan fingerprint density at radius 2 is 2.00 bits per heavy atom. The van der Waals surface area contributed by atoms with E-state index in [1.807, 2.05) is 54.8 Å². The number of hydrogen-bond donors (Lipinski definition) is 2. The van der Waals surface area contributed by atoms with Gasteiger partial charge in [0.25, 0.3) is 0 Å². The van der Waals surface area contributed by atoms with Crippen LogP contribution in [-0.2, 0) is 4.79 Å². The third kappa shape index (κ3) is 3.91. The standard InChI is InChI=1S/C15H18N2OS/c1-11(14-8-5-9-19-14)17-15(18)10-13(16)12-6-3-2-4-7-12/h2-9,11,13H,10,16H2,1H3,(H,17,18)/t11-,13+/m0/s1. The summed E-state index contributed by atoms with van der Waals surface area (Å²) in [4.78, 5) is 13.1. The van der Waals surface area contributed by atoms with Gasteiger partial charge in [-0.2, -0.15) is 0 Å². The largest absolute Gasteiger partial charge is 0.349 e. The van der Waals surface area contributed by atoms with Crippen LogP contribution in [0.25, 0.3) is 0 Å². The van der Waals surface area contributed by atoms with Gasteiger partial charge in [0.1, 0.15) is 0 Å². The molecule has 2 aromatic rings. The van der Waals surface area contributed by atoms with Crippen LogP contribution in [0.5, 0.6) is 0 Å². The summed E-state index contributed by atoms with van der Waals surface area (Å²) in [5, 5.41) is 4.98. The average molecular weight is 274 g/mol. The molecule has 0 radical (unpaired) electrons. The molecular weight excluding hydrogens is 256 g/mol. The minimum atomic E-state index is -0.253. The molecule has 1 amide bonds. The first kappa shape index (κ1) is 13.8. The van der Waals surface area contributed by atoms with Crippen molar-refractivity contribution >= 4 is 17.2 Å². The highest BCUT2D eigenvalue weighted by molar-refractivity contribution is 7.10. The second-order valence-electron chi connectivity index (χ2n) is 4.53. The van der Waals surface area contributed by atoms with Crippen molar-refractivity contribution in [2.24, 2.45) is 5.73 Å². The molecule has 3 nitrogen and oxygen atoms in total. The highest BCUT2D eigenvalue weighted by Gasteiger charge is 2.14. The van der Waals surface area contributed by atoms with Gasteiger partial charge in [0.05, 0.1) is 6.04 Å².